The van der Waals surface area contributed by atoms with Gasteiger partial charge in [-0.15, -0.1) is 0 Å². The average molecular weight is 346 g/mol. The van der Waals surface area contributed by atoms with Crippen LogP contribution in [0.3, 0.4) is 0 Å². The van der Waals surface area contributed by atoms with Gasteiger partial charge in [0.05, 0.1) is 11.7 Å². The number of aromatic amines is 1. The van der Waals surface area contributed by atoms with Gasteiger partial charge in [0.2, 0.25) is 5.91 Å². The number of aromatic nitrogens is 2. The zero-order valence-corrected chi connectivity index (χ0v) is 14.0. The van der Waals surface area contributed by atoms with Crippen LogP contribution in [0, 0.1) is 6.92 Å². The molecule has 7 nitrogen and oxygen atoms in total. The highest BCUT2D eigenvalue weighted by atomic mass is 32.2. The molecule has 1 aromatic heterocycles. The number of nitrogens with zero attached hydrogens (tertiary/aromatic N) is 1. The van der Waals surface area contributed by atoms with Crippen molar-refractivity contribution < 1.29 is 14.7 Å². The fourth-order valence-electron chi connectivity index (χ4n) is 2.09. The number of hydrogen-bond donors (Lipinski definition) is 2. The number of benzene rings is 1. The molecule has 0 saturated heterocycles. The first-order valence-electron chi connectivity index (χ1n) is 7.24. The van der Waals surface area contributed by atoms with E-state index in [1.165, 1.54) is 24.3 Å². The van der Waals surface area contributed by atoms with E-state index in [1.54, 1.807) is 6.92 Å². The average Bonchev–Trinajstić information content (AvgIpc) is 2.53. The number of amides is 1. The van der Waals surface area contributed by atoms with Gasteiger partial charge in [0.25, 0.3) is 5.56 Å². The number of aromatic carboxylic acids is 1. The van der Waals surface area contributed by atoms with Gasteiger partial charge in [-0.05, 0) is 31.0 Å². The lowest BCUT2D eigenvalue weighted by atomic mass is 10.2. The van der Waals surface area contributed by atoms with Gasteiger partial charge < -0.3 is 20.2 Å². The summed E-state index contributed by atoms with van der Waals surface area (Å²) in [6, 6.07) is 5.66. The van der Waals surface area contributed by atoms with E-state index in [2.05, 4.69) is 15.3 Å². The van der Waals surface area contributed by atoms with Crippen molar-refractivity contribution in [2.24, 2.45) is 0 Å². The van der Waals surface area contributed by atoms with E-state index in [4.69, 9.17) is 0 Å². The summed E-state index contributed by atoms with van der Waals surface area (Å²) in [6.45, 7) is 3.64. The van der Waals surface area contributed by atoms with E-state index in [0.717, 1.165) is 11.8 Å². The Morgan fingerprint density at radius 2 is 1.96 bits per heavy atom. The second-order valence-corrected chi connectivity index (χ2v) is 5.95. The molecule has 2 N–H and O–H groups in total. The van der Waals surface area contributed by atoms with Gasteiger partial charge in [-0.25, -0.2) is 4.98 Å². The minimum absolute atomic E-state index is 0.0376. The molecule has 0 aliphatic heterocycles. The molecule has 0 aliphatic carbocycles. The van der Waals surface area contributed by atoms with E-state index >= 15 is 0 Å². The number of carbonyl (C=O) groups excluding carboxylic acids is 2. The van der Waals surface area contributed by atoms with E-state index in [-0.39, 0.29) is 22.8 Å². The molecular formula is C16H16N3O4S-. The molecule has 0 bridgehead atoms. The molecule has 0 fully saturated rings. The molecule has 2 rings (SSSR count). The lowest BCUT2D eigenvalue weighted by molar-refractivity contribution is -0.255. The summed E-state index contributed by atoms with van der Waals surface area (Å²) in [4.78, 5) is 41.3. The van der Waals surface area contributed by atoms with Crippen LogP contribution in [0.5, 0.6) is 0 Å². The molecule has 126 valence electrons. The van der Waals surface area contributed by atoms with Crippen LogP contribution in [0.4, 0.5) is 5.69 Å². The smallest absolute Gasteiger partial charge is 0.254 e. The fourth-order valence-corrected chi connectivity index (χ4v) is 2.80. The van der Waals surface area contributed by atoms with Gasteiger partial charge in [0, 0.05) is 16.9 Å². The van der Waals surface area contributed by atoms with Crippen LogP contribution in [-0.4, -0.2) is 27.6 Å². The Bertz CT molecular complexity index is 815. The second-order valence-electron chi connectivity index (χ2n) is 4.99. The van der Waals surface area contributed by atoms with Crippen molar-refractivity contribution in [1.82, 2.24) is 9.97 Å². The van der Waals surface area contributed by atoms with Gasteiger partial charge in [-0.2, -0.15) is 0 Å². The van der Waals surface area contributed by atoms with Gasteiger partial charge >= 0.3 is 0 Å². The third-order valence-corrected chi connectivity index (χ3v) is 4.17. The zero-order valence-electron chi connectivity index (χ0n) is 13.2. The summed E-state index contributed by atoms with van der Waals surface area (Å²) in [5.74, 6) is -1.50. The molecule has 0 atom stereocenters. The number of carboxylic acids is 1. The lowest BCUT2D eigenvalue weighted by Gasteiger charge is -2.08. The number of nitrogens with one attached hydrogen (secondary N) is 2. The van der Waals surface area contributed by atoms with Gasteiger partial charge in [0.15, 0.2) is 5.16 Å². The summed E-state index contributed by atoms with van der Waals surface area (Å²) < 4.78 is 0. The predicted molar refractivity (Wildman–Crippen MR) is 89.1 cm³/mol. The number of carboxylic acid groups (broad SMARTS) is 1. The molecule has 1 heterocycles. The minimum Gasteiger partial charge on any atom is -0.545 e. The Kier molecular flexibility index (Phi) is 5.75. The maximum Gasteiger partial charge on any atom is 0.254 e. The van der Waals surface area contributed by atoms with Crippen molar-refractivity contribution >= 4 is 29.3 Å². The van der Waals surface area contributed by atoms with Crippen LogP contribution in [0.1, 0.15) is 28.5 Å². The quantitative estimate of drug-likeness (QED) is 0.589. The van der Waals surface area contributed by atoms with Crippen molar-refractivity contribution in [3.05, 3.63) is 51.4 Å². The maximum absolute atomic E-state index is 11.9. The van der Waals surface area contributed by atoms with Crippen LogP contribution in [-0.2, 0) is 11.2 Å². The monoisotopic (exact) mass is 346 g/mol. The van der Waals surface area contributed by atoms with Gasteiger partial charge in [0.1, 0.15) is 0 Å². The molecule has 1 amide bonds. The fraction of sp³-hybridized carbons (Fsp3) is 0.250. The van der Waals surface area contributed by atoms with Crippen LogP contribution in [0.25, 0.3) is 0 Å². The number of aryl methyl sites for hydroxylation is 1. The number of thioether (sulfide) groups is 1. The Morgan fingerprint density at radius 3 is 2.50 bits per heavy atom. The summed E-state index contributed by atoms with van der Waals surface area (Å²) in [7, 11) is 0. The summed E-state index contributed by atoms with van der Waals surface area (Å²) in [6.07, 6.45) is 0.599. The van der Waals surface area contributed by atoms with Crippen LogP contribution < -0.4 is 16.0 Å². The van der Waals surface area contributed by atoms with Crippen molar-refractivity contribution in [3.63, 3.8) is 0 Å². The molecule has 0 unspecified atom stereocenters. The first kappa shape index (κ1) is 17.7. The van der Waals surface area contributed by atoms with Crippen molar-refractivity contribution in [2.45, 2.75) is 25.4 Å². The molecule has 0 spiro atoms. The molecule has 0 aliphatic rings. The number of hydrogen-bond acceptors (Lipinski definition) is 6. The lowest BCUT2D eigenvalue weighted by Crippen LogP contribution is -2.22. The Labute approximate surface area is 142 Å². The van der Waals surface area contributed by atoms with Crippen LogP contribution in [0.2, 0.25) is 0 Å². The normalized spacial score (nSPS) is 10.4. The maximum atomic E-state index is 11.9. The van der Waals surface area contributed by atoms with Gasteiger partial charge in [-0.1, -0.05) is 30.8 Å². The van der Waals surface area contributed by atoms with E-state index in [0.29, 0.717) is 28.5 Å². The van der Waals surface area contributed by atoms with Gasteiger partial charge in [-0.3, -0.25) is 9.59 Å². The summed E-state index contributed by atoms with van der Waals surface area (Å²) in [5.41, 5.74) is 1.62. The van der Waals surface area contributed by atoms with E-state index in [9.17, 15) is 19.5 Å². The number of H-pyrrole nitrogens is 1. The van der Waals surface area contributed by atoms with Crippen molar-refractivity contribution in [1.29, 1.82) is 0 Å². The Morgan fingerprint density at radius 1 is 1.29 bits per heavy atom. The second kappa shape index (κ2) is 7.78. The van der Waals surface area contributed by atoms with Crippen molar-refractivity contribution in [3.8, 4) is 0 Å². The summed E-state index contributed by atoms with van der Waals surface area (Å²) >= 11 is 1.12. The largest absolute Gasteiger partial charge is 0.545 e. The molecule has 24 heavy (non-hydrogen) atoms. The van der Waals surface area contributed by atoms with Crippen LogP contribution in [0.15, 0.2) is 34.2 Å². The topological polar surface area (TPSA) is 115 Å². The highest BCUT2D eigenvalue weighted by Crippen LogP contribution is 2.14. The molecular weight excluding hydrogens is 330 g/mol. The first-order valence-corrected chi connectivity index (χ1v) is 8.23. The molecule has 1 aromatic carbocycles. The summed E-state index contributed by atoms with van der Waals surface area (Å²) in [5, 5.41) is 13.7. The highest BCUT2D eigenvalue weighted by molar-refractivity contribution is 7.99. The van der Waals surface area contributed by atoms with E-state index < -0.39 is 5.97 Å². The molecule has 2 aromatic rings. The Balaban J connectivity index is 1.96. The SMILES string of the molecule is CCc1c(C)nc(SCC(=O)Nc2ccc(C(=O)[O-])cc2)[nH]c1=O. The van der Waals surface area contributed by atoms with Crippen LogP contribution >= 0.6 is 11.8 Å². The molecule has 8 heteroatoms. The third-order valence-electron chi connectivity index (χ3n) is 3.30. The zero-order chi connectivity index (χ0) is 17.7. The standard InChI is InChI=1S/C16H17N3O4S/c1-3-12-9(2)17-16(19-14(12)21)24-8-13(20)18-11-6-4-10(5-7-11)15(22)23/h4-7H,3,8H2,1-2H3,(H,18,20)(H,22,23)(H,17,19,21)/p-1. The molecule has 0 radical (unpaired) electrons. The Hall–Kier alpha value is -2.61. The number of rotatable bonds is 6. The first-order chi connectivity index (χ1) is 11.4. The molecule has 0 saturated carbocycles. The highest BCUT2D eigenvalue weighted by Gasteiger charge is 2.09. The number of carbonyl (C=O) groups is 2. The minimum atomic E-state index is -1.27. The van der Waals surface area contributed by atoms with Crippen molar-refractivity contribution in [2.75, 3.05) is 11.1 Å². The third kappa shape index (κ3) is 4.45. The number of anilines is 1. The van der Waals surface area contributed by atoms with E-state index in [1.807, 2.05) is 6.92 Å². The predicted octanol–water partition coefficient (Wildman–Crippen LogP) is 0.735.